The van der Waals surface area contributed by atoms with Crippen LogP contribution in [-0.2, 0) is 16.1 Å². The molecule has 0 aliphatic heterocycles. The number of aromatic nitrogens is 2. The Morgan fingerprint density at radius 3 is 2.56 bits per heavy atom. The summed E-state index contributed by atoms with van der Waals surface area (Å²) in [6, 6.07) is 6.64. The first kappa shape index (κ1) is 19.3. The highest BCUT2D eigenvalue weighted by Gasteiger charge is 2.10. The summed E-state index contributed by atoms with van der Waals surface area (Å²) < 4.78 is 4.64. The van der Waals surface area contributed by atoms with E-state index in [4.69, 9.17) is 15.9 Å². The lowest BCUT2D eigenvalue weighted by molar-refractivity contribution is -0.134. The number of nitrogens with zero attached hydrogens (tertiary/aromatic N) is 2. The molecule has 0 radical (unpaired) electrons. The Hall–Kier alpha value is -1.98. The SMILES string of the molecule is C[C@H](N)Cn1ncc2ccc3sc(I)cc3c21.O=C(O)/C=C/C(=O)O. The predicted octanol–water partition coefficient (Wildman–Crippen LogP) is 2.91. The highest BCUT2D eigenvalue weighted by Crippen LogP contribution is 2.32. The van der Waals surface area contributed by atoms with Gasteiger partial charge < -0.3 is 15.9 Å². The minimum atomic E-state index is -1.26. The smallest absolute Gasteiger partial charge is 0.328 e. The second-order valence-corrected chi connectivity index (χ2v) is 8.26. The van der Waals surface area contributed by atoms with E-state index in [0.717, 1.165) is 6.54 Å². The Morgan fingerprint density at radius 2 is 2.00 bits per heavy atom. The van der Waals surface area contributed by atoms with E-state index in [9.17, 15) is 9.59 Å². The van der Waals surface area contributed by atoms with Crippen molar-refractivity contribution in [1.29, 1.82) is 0 Å². The van der Waals surface area contributed by atoms with Gasteiger partial charge in [0.05, 0.1) is 21.1 Å². The van der Waals surface area contributed by atoms with Gasteiger partial charge >= 0.3 is 11.9 Å². The van der Waals surface area contributed by atoms with Crippen molar-refractivity contribution < 1.29 is 19.8 Å². The number of benzene rings is 1. The molecule has 0 aliphatic rings. The van der Waals surface area contributed by atoms with Crippen LogP contribution >= 0.6 is 33.9 Å². The van der Waals surface area contributed by atoms with Gasteiger partial charge in [-0.15, -0.1) is 11.3 Å². The highest BCUT2D eigenvalue weighted by molar-refractivity contribution is 14.1. The molecule has 1 aromatic carbocycles. The average Bonchev–Trinajstić information content (AvgIpc) is 3.07. The van der Waals surface area contributed by atoms with Crippen LogP contribution in [0.25, 0.3) is 21.0 Å². The Labute approximate surface area is 160 Å². The van der Waals surface area contributed by atoms with Gasteiger partial charge in [-0.25, -0.2) is 9.59 Å². The summed E-state index contributed by atoms with van der Waals surface area (Å²) in [7, 11) is 0. The zero-order valence-electron chi connectivity index (χ0n) is 13.2. The summed E-state index contributed by atoms with van der Waals surface area (Å²) in [4.78, 5) is 19.1. The molecule has 9 heteroatoms. The molecular weight excluding hydrogens is 457 g/mol. The van der Waals surface area contributed by atoms with Crippen LogP contribution in [-0.4, -0.2) is 38.0 Å². The molecule has 25 heavy (non-hydrogen) atoms. The first-order valence-electron chi connectivity index (χ1n) is 7.21. The second-order valence-electron chi connectivity index (χ2n) is 5.28. The van der Waals surface area contributed by atoms with Crippen LogP contribution in [0, 0.1) is 2.88 Å². The van der Waals surface area contributed by atoms with Crippen molar-refractivity contribution in [3.05, 3.63) is 39.4 Å². The lowest BCUT2D eigenvalue weighted by Gasteiger charge is -2.07. The molecule has 2 heterocycles. The monoisotopic (exact) mass is 473 g/mol. The van der Waals surface area contributed by atoms with E-state index in [-0.39, 0.29) is 6.04 Å². The van der Waals surface area contributed by atoms with E-state index in [1.807, 2.05) is 29.1 Å². The molecule has 4 N–H and O–H groups in total. The molecule has 1 atom stereocenters. The average molecular weight is 473 g/mol. The Morgan fingerprint density at radius 1 is 1.36 bits per heavy atom. The standard InChI is InChI=1S/C12H12IN3S.C4H4O4/c1-7(14)6-16-12-8(5-15-16)2-3-10-9(12)4-11(13)17-10;5-3(6)1-2-4(7)8/h2-5,7H,6,14H2,1H3;1-2H,(H,5,6)(H,7,8)/b;2-1+/t7-;/m0./s1. The molecule has 0 saturated heterocycles. The van der Waals surface area contributed by atoms with Gasteiger partial charge in [-0.05, 0) is 47.7 Å². The quantitative estimate of drug-likeness (QED) is 0.396. The maximum Gasteiger partial charge on any atom is 0.328 e. The summed E-state index contributed by atoms with van der Waals surface area (Å²) in [5.41, 5.74) is 7.07. The fourth-order valence-electron chi connectivity index (χ4n) is 2.22. The lowest BCUT2D eigenvalue weighted by Crippen LogP contribution is -2.22. The maximum absolute atomic E-state index is 9.55. The molecule has 2 aromatic heterocycles. The Bertz CT molecular complexity index is 930. The van der Waals surface area contributed by atoms with Crippen LogP contribution in [0.5, 0.6) is 0 Å². The number of hydrogen-bond donors (Lipinski definition) is 3. The van der Waals surface area contributed by atoms with Gasteiger partial charge in [-0.3, -0.25) is 4.68 Å². The van der Waals surface area contributed by atoms with Gasteiger partial charge in [0.25, 0.3) is 0 Å². The molecule has 3 aromatic rings. The summed E-state index contributed by atoms with van der Waals surface area (Å²) in [5, 5.41) is 22.5. The first-order chi connectivity index (χ1) is 11.8. The number of halogens is 1. The molecule has 132 valence electrons. The summed E-state index contributed by atoms with van der Waals surface area (Å²) in [6.45, 7) is 2.76. The van der Waals surface area contributed by atoms with Gasteiger partial charge in [0.2, 0.25) is 0 Å². The number of fused-ring (bicyclic) bond motifs is 3. The number of thiophene rings is 1. The van der Waals surface area contributed by atoms with Crippen LogP contribution in [0.15, 0.2) is 36.5 Å². The predicted molar refractivity (Wildman–Crippen MR) is 106 cm³/mol. The van der Waals surface area contributed by atoms with Crippen molar-refractivity contribution >= 4 is 66.9 Å². The van der Waals surface area contributed by atoms with E-state index >= 15 is 0 Å². The molecule has 0 saturated carbocycles. The minimum Gasteiger partial charge on any atom is -0.478 e. The fourth-order valence-corrected chi connectivity index (χ4v) is 4.03. The number of hydrogen-bond acceptors (Lipinski definition) is 5. The maximum atomic E-state index is 9.55. The van der Waals surface area contributed by atoms with Crippen molar-refractivity contribution in [2.24, 2.45) is 5.73 Å². The third-order valence-electron chi connectivity index (χ3n) is 3.10. The second kappa shape index (κ2) is 8.41. The van der Waals surface area contributed by atoms with Crippen LogP contribution < -0.4 is 5.73 Å². The zero-order valence-corrected chi connectivity index (χ0v) is 16.2. The van der Waals surface area contributed by atoms with E-state index in [0.29, 0.717) is 12.2 Å². The van der Waals surface area contributed by atoms with Gasteiger partial charge in [0.15, 0.2) is 0 Å². The van der Waals surface area contributed by atoms with Crippen molar-refractivity contribution in [1.82, 2.24) is 9.78 Å². The molecule has 0 aliphatic carbocycles. The molecule has 0 bridgehead atoms. The minimum absolute atomic E-state index is 0.117. The summed E-state index contributed by atoms with van der Waals surface area (Å²) in [5.74, 6) is -2.51. The van der Waals surface area contributed by atoms with Crippen LogP contribution in [0.1, 0.15) is 6.92 Å². The topological polar surface area (TPSA) is 118 Å². The third kappa shape index (κ3) is 5.25. The molecular formula is C16H16IN3O4S. The number of carbonyl (C=O) groups is 2. The van der Waals surface area contributed by atoms with Crippen molar-refractivity contribution in [3.63, 3.8) is 0 Å². The summed E-state index contributed by atoms with van der Waals surface area (Å²) >= 11 is 4.18. The zero-order chi connectivity index (χ0) is 18.6. The molecule has 7 nitrogen and oxygen atoms in total. The lowest BCUT2D eigenvalue weighted by atomic mass is 10.2. The van der Waals surface area contributed by atoms with Gasteiger partial charge in [-0.1, -0.05) is 0 Å². The molecule has 0 fully saturated rings. The Balaban J connectivity index is 0.000000242. The van der Waals surface area contributed by atoms with Crippen molar-refractivity contribution in [2.45, 2.75) is 19.5 Å². The van der Waals surface area contributed by atoms with Crippen molar-refractivity contribution in [2.75, 3.05) is 0 Å². The number of carboxylic acids is 2. The number of carboxylic acid groups (broad SMARTS) is 2. The third-order valence-corrected chi connectivity index (χ3v) is 4.96. The largest absolute Gasteiger partial charge is 0.478 e. The molecule has 0 amide bonds. The normalized spacial score (nSPS) is 12.3. The molecule has 3 rings (SSSR count). The Kier molecular flexibility index (Phi) is 6.51. The summed E-state index contributed by atoms with van der Waals surface area (Å²) in [6.07, 6.45) is 3.03. The fraction of sp³-hybridized carbons (Fsp3) is 0.188. The first-order valence-corrected chi connectivity index (χ1v) is 9.10. The number of rotatable bonds is 4. The highest BCUT2D eigenvalue weighted by atomic mass is 127. The number of aliphatic carboxylic acids is 2. The van der Waals surface area contributed by atoms with Gasteiger partial charge in [0.1, 0.15) is 0 Å². The van der Waals surface area contributed by atoms with E-state index < -0.39 is 11.9 Å². The van der Waals surface area contributed by atoms with E-state index in [2.05, 4.69) is 45.9 Å². The van der Waals surface area contributed by atoms with Crippen LogP contribution in [0.3, 0.4) is 0 Å². The number of nitrogens with two attached hydrogens (primary N) is 1. The van der Waals surface area contributed by atoms with Crippen LogP contribution in [0.4, 0.5) is 0 Å². The van der Waals surface area contributed by atoms with Gasteiger partial charge in [-0.2, -0.15) is 5.10 Å². The molecule has 0 unspecified atom stereocenters. The van der Waals surface area contributed by atoms with Crippen molar-refractivity contribution in [3.8, 4) is 0 Å². The van der Waals surface area contributed by atoms with E-state index in [1.54, 1.807) is 0 Å². The van der Waals surface area contributed by atoms with Gasteiger partial charge in [0, 0.05) is 33.7 Å². The van der Waals surface area contributed by atoms with Crippen LogP contribution in [0.2, 0.25) is 0 Å². The van der Waals surface area contributed by atoms with E-state index in [1.165, 1.54) is 23.9 Å². The molecule has 0 spiro atoms.